The lowest BCUT2D eigenvalue weighted by molar-refractivity contribution is -0.111. The Kier molecular flexibility index (Phi) is 5.27. The summed E-state index contributed by atoms with van der Waals surface area (Å²) in [6.45, 7) is 0. The molecule has 1 fully saturated rings. The van der Waals surface area contributed by atoms with Crippen LogP contribution in [-0.2, 0) is 4.79 Å². The van der Waals surface area contributed by atoms with Gasteiger partial charge in [0.05, 0.1) is 11.4 Å². The Labute approximate surface area is 156 Å². The molecule has 0 saturated heterocycles. The van der Waals surface area contributed by atoms with Gasteiger partial charge in [0, 0.05) is 39.3 Å². The molecule has 1 saturated carbocycles. The van der Waals surface area contributed by atoms with Crippen molar-refractivity contribution < 1.29 is 4.79 Å². The zero-order valence-electron chi connectivity index (χ0n) is 16.0. The maximum absolute atomic E-state index is 13.4. The molecule has 0 bridgehead atoms. The fourth-order valence-corrected chi connectivity index (χ4v) is 3.71. The summed E-state index contributed by atoms with van der Waals surface area (Å²) in [4.78, 5) is 17.5. The number of hydrogen-bond donors (Lipinski definition) is 0. The van der Waals surface area contributed by atoms with Crippen molar-refractivity contribution in [2.75, 3.05) is 28.2 Å². The molecule has 3 nitrogen and oxygen atoms in total. The van der Waals surface area contributed by atoms with Crippen LogP contribution in [0.1, 0.15) is 24.0 Å². The third-order valence-electron chi connectivity index (χ3n) is 4.73. The summed E-state index contributed by atoms with van der Waals surface area (Å²) in [6.07, 6.45) is 1.56. The van der Waals surface area contributed by atoms with E-state index < -0.39 is 0 Å². The van der Waals surface area contributed by atoms with E-state index in [4.69, 9.17) is 0 Å². The first-order valence-corrected chi connectivity index (χ1v) is 8.97. The van der Waals surface area contributed by atoms with E-state index in [0.29, 0.717) is 0 Å². The standard InChI is InChI=1S/C23H26N2O/c1-24(2)21(17-11-7-5-8-12-17)19-15-16-20(23(19)26)22(25(3)4)18-13-9-6-10-14-18/h5-14H,15-16H2,1-4H3. The minimum Gasteiger partial charge on any atom is -0.377 e. The number of benzene rings is 2. The molecule has 0 unspecified atom stereocenters. The van der Waals surface area contributed by atoms with Crippen LogP contribution in [0, 0.1) is 0 Å². The van der Waals surface area contributed by atoms with Crippen LogP contribution < -0.4 is 0 Å². The number of nitrogens with zero attached hydrogens (tertiary/aromatic N) is 2. The zero-order valence-corrected chi connectivity index (χ0v) is 16.0. The first-order valence-electron chi connectivity index (χ1n) is 8.97. The molecule has 1 aliphatic rings. The van der Waals surface area contributed by atoms with Crippen molar-refractivity contribution in [2.45, 2.75) is 12.8 Å². The highest BCUT2D eigenvalue weighted by molar-refractivity contribution is 6.18. The number of rotatable bonds is 4. The topological polar surface area (TPSA) is 23.6 Å². The summed E-state index contributed by atoms with van der Waals surface area (Å²) in [5, 5.41) is 0. The van der Waals surface area contributed by atoms with E-state index in [1.807, 2.05) is 64.6 Å². The van der Waals surface area contributed by atoms with Crippen LogP contribution in [-0.4, -0.2) is 43.8 Å². The van der Waals surface area contributed by atoms with Crippen molar-refractivity contribution >= 4 is 17.2 Å². The summed E-state index contributed by atoms with van der Waals surface area (Å²) in [5.41, 5.74) is 6.05. The normalized spacial score (nSPS) is 17.9. The van der Waals surface area contributed by atoms with E-state index in [1.165, 1.54) is 0 Å². The fourth-order valence-electron chi connectivity index (χ4n) is 3.71. The third-order valence-corrected chi connectivity index (χ3v) is 4.73. The van der Waals surface area contributed by atoms with Gasteiger partial charge in [-0.05, 0) is 24.0 Å². The number of hydrogen-bond acceptors (Lipinski definition) is 3. The van der Waals surface area contributed by atoms with Crippen molar-refractivity contribution in [1.82, 2.24) is 9.80 Å². The first kappa shape index (κ1) is 18.0. The lowest BCUT2D eigenvalue weighted by Crippen LogP contribution is -2.17. The highest BCUT2D eigenvalue weighted by Crippen LogP contribution is 2.37. The predicted molar refractivity (Wildman–Crippen MR) is 108 cm³/mol. The number of ketones is 1. The Morgan fingerprint density at radius 2 is 1.00 bits per heavy atom. The van der Waals surface area contributed by atoms with E-state index in [1.54, 1.807) is 0 Å². The van der Waals surface area contributed by atoms with Gasteiger partial charge >= 0.3 is 0 Å². The van der Waals surface area contributed by atoms with Gasteiger partial charge in [-0.1, -0.05) is 60.7 Å². The molecular weight excluding hydrogens is 320 g/mol. The van der Waals surface area contributed by atoms with Gasteiger partial charge in [-0.2, -0.15) is 0 Å². The number of carbonyl (C=O) groups is 1. The largest absolute Gasteiger partial charge is 0.377 e. The van der Waals surface area contributed by atoms with E-state index in [0.717, 1.165) is 46.5 Å². The van der Waals surface area contributed by atoms with Gasteiger partial charge in [0.25, 0.3) is 0 Å². The van der Waals surface area contributed by atoms with Gasteiger partial charge in [-0.15, -0.1) is 0 Å². The third kappa shape index (κ3) is 3.43. The Bertz CT molecular complexity index is 775. The summed E-state index contributed by atoms with van der Waals surface area (Å²) in [5.74, 6) is 0.171. The molecule has 0 N–H and O–H groups in total. The predicted octanol–water partition coefficient (Wildman–Crippen LogP) is 4.30. The molecule has 0 aromatic heterocycles. The summed E-state index contributed by atoms with van der Waals surface area (Å²) < 4.78 is 0. The van der Waals surface area contributed by atoms with Gasteiger partial charge in [-0.25, -0.2) is 0 Å². The summed E-state index contributed by atoms with van der Waals surface area (Å²) >= 11 is 0. The SMILES string of the molecule is CN(C)C(=C1CCC(=C(c2ccccc2)N(C)C)C1=O)c1ccccc1. The molecule has 1 aliphatic carbocycles. The molecule has 3 rings (SSSR count). The molecule has 134 valence electrons. The smallest absolute Gasteiger partial charge is 0.189 e. The summed E-state index contributed by atoms with van der Waals surface area (Å²) in [6, 6.07) is 20.4. The average molecular weight is 346 g/mol. The molecule has 0 atom stereocenters. The van der Waals surface area contributed by atoms with Crippen molar-refractivity contribution in [3.8, 4) is 0 Å². The van der Waals surface area contributed by atoms with Crippen LogP contribution in [0.15, 0.2) is 71.8 Å². The second-order valence-electron chi connectivity index (χ2n) is 7.00. The van der Waals surface area contributed by atoms with Crippen molar-refractivity contribution in [3.05, 3.63) is 82.9 Å². The Balaban J connectivity index is 2.14. The fraction of sp³-hybridized carbons (Fsp3) is 0.261. The van der Waals surface area contributed by atoms with Crippen LogP contribution in [0.5, 0.6) is 0 Å². The molecule has 2 aromatic carbocycles. The lowest BCUT2D eigenvalue weighted by atomic mass is 10.0. The van der Waals surface area contributed by atoms with Crippen LogP contribution in [0.25, 0.3) is 11.4 Å². The molecule has 26 heavy (non-hydrogen) atoms. The number of allylic oxidation sites excluding steroid dienone is 2. The number of Topliss-reactive ketones (excluding diaryl/α,β-unsaturated/α-hetero) is 1. The number of carbonyl (C=O) groups excluding carboxylic acids is 1. The van der Waals surface area contributed by atoms with E-state index in [-0.39, 0.29) is 5.78 Å². The molecule has 0 aliphatic heterocycles. The molecule has 3 heteroatoms. The highest BCUT2D eigenvalue weighted by atomic mass is 16.1. The van der Waals surface area contributed by atoms with Crippen molar-refractivity contribution in [3.63, 3.8) is 0 Å². The van der Waals surface area contributed by atoms with Gasteiger partial charge in [0.2, 0.25) is 0 Å². The van der Waals surface area contributed by atoms with Crippen LogP contribution in [0.2, 0.25) is 0 Å². The second-order valence-corrected chi connectivity index (χ2v) is 7.00. The highest BCUT2D eigenvalue weighted by Gasteiger charge is 2.31. The van der Waals surface area contributed by atoms with Gasteiger partial charge in [-0.3, -0.25) is 4.79 Å². The minimum absolute atomic E-state index is 0.171. The van der Waals surface area contributed by atoms with E-state index in [9.17, 15) is 4.79 Å². The van der Waals surface area contributed by atoms with Crippen LogP contribution in [0.3, 0.4) is 0 Å². The monoisotopic (exact) mass is 346 g/mol. The Hall–Kier alpha value is -2.81. The molecular formula is C23H26N2O. The second kappa shape index (κ2) is 7.61. The van der Waals surface area contributed by atoms with Gasteiger partial charge < -0.3 is 9.80 Å². The molecule has 2 aromatic rings. The van der Waals surface area contributed by atoms with Gasteiger partial charge in [0.1, 0.15) is 0 Å². The zero-order chi connectivity index (χ0) is 18.7. The van der Waals surface area contributed by atoms with Crippen LogP contribution in [0.4, 0.5) is 0 Å². The van der Waals surface area contributed by atoms with Crippen molar-refractivity contribution in [2.24, 2.45) is 0 Å². The Morgan fingerprint density at radius 3 is 1.31 bits per heavy atom. The first-order chi connectivity index (χ1) is 12.5. The lowest BCUT2D eigenvalue weighted by Gasteiger charge is -2.21. The summed E-state index contributed by atoms with van der Waals surface area (Å²) in [7, 11) is 8.03. The van der Waals surface area contributed by atoms with Gasteiger partial charge in [0.15, 0.2) is 5.78 Å². The average Bonchev–Trinajstić information content (AvgIpc) is 2.98. The maximum Gasteiger partial charge on any atom is 0.189 e. The molecule has 0 amide bonds. The molecule has 0 heterocycles. The van der Waals surface area contributed by atoms with Crippen LogP contribution >= 0.6 is 0 Å². The quantitative estimate of drug-likeness (QED) is 0.772. The van der Waals surface area contributed by atoms with E-state index in [2.05, 4.69) is 34.1 Å². The molecule has 0 spiro atoms. The Morgan fingerprint density at radius 1 is 0.654 bits per heavy atom. The van der Waals surface area contributed by atoms with E-state index >= 15 is 0 Å². The maximum atomic E-state index is 13.4. The minimum atomic E-state index is 0.171. The van der Waals surface area contributed by atoms with Crippen molar-refractivity contribution in [1.29, 1.82) is 0 Å². The molecule has 0 radical (unpaired) electrons.